The minimum absolute atomic E-state index is 0. The van der Waals surface area contributed by atoms with E-state index in [4.69, 9.17) is 5.73 Å². The van der Waals surface area contributed by atoms with Crippen molar-refractivity contribution >= 4 is 29.7 Å². The Balaban J connectivity index is 0.00000312. The molecule has 0 saturated heterocycles. The number of hydrogen-bond acceptors (Lipinski definition) is 4. The number of nitrogens with one attached hydrogen (secondary N) is 1. The van der Waals surface area contributed by atoms with Crippen molar-refractivity contribution < 1.29 is 4.79 Å². The van der Waals surface area contributed by atoms with E-state index in [1.807, 2.05) is 18.2 Å². The summed E-state index contributed by atoms with van der Waals surface area (Å²) in [5, 5.41) is 3.01. The summed E-state index contributed by atoms with van der Waals surface area (Å²) < 4.78 is 0. The second-order valence-electron chi connectivity index (χ2n) is 5.80. The van der Waals surface area contributed by atoms with Crippen LogP contribution in [0.3, 0.4) is 0 Å². The van der Waals surface area contributed by atoms with E-state index in [9.17, 15) is 4.79 Å². The molecule has 3 N–H and O–H groups in total. The fraction of sp³-hybridized carbons (Fsp3) is 0.421. The lowest BCUT2D eigenvalue weighted by atomic mass is 10.1. The molecular weight excluding hydrogens is 354 g/mol. The highest BCUT2D eigenvalue weighted by atomic mass is 35.5. The first kappa shape index (κ1) is 21.6. The van der Waals surface area contributed by atoms with Crippen molar-refractivity contribution in [2.45, 2.75) is 26.3 Å². The Bertz CT molecular complexity index is 618. The van der Waals surface area contributed by atoms with Gasteiger partial charge in [0.05, 0.1) is 13.1 Å². The van der Waals surface area contributed by atoms with E-state index in [0.29, 0.717) is 19.6 Å². The van der Waals surface area contributed by atoms with Crippen LogP contribution in [0.5, 0.6) is 0 Å². The Labute approximate surface area is 160 Å². The number of aryl methyl sites for hydroxylation is 1. The summed E-state index contributed by atoms with van der Waals surface area (Å²) in [4.78, 5) is 16.9. The molecule has 1 heterocycles. The van der Waals surface area contributed by atoms with Gasteiger partial charge in [-0.25, -0.2) is 0 Å². The van der Waals surface area contributed by atoms with Gasteiger partial charge in [-0.3, -0.25) is 9.69 Å². The van der Waals surface area contributed by atoms with Crippen LogP contribution in [0.4, 0.5) is 0 Å². The summed E-state index contributed by atoms with van der Waals surface area (Å²) in [7, 11) is 0. The van der Waals surface area contributed by atoms with Crippen LogP contribution in [0.2, 0.25) is 0 Å². The Morgan fingerprint density at radius 3 is 2.48 bits per heavy atom. The first-order chi connectivity index (χ1) is 11.7. The van der Waals surface area contributed by atoms with Crippen LogP contribution >= 0.6 is 23.7 Å². The summed E-state index contributed by atoms with van der Waals surface area (Å²) in [6.07, 6.45) is 1.97. The van der Waals surface area contributed by atoms with Crippen LogP contribution in [-0.4, -0.2) is 37.0 Å². The van der Waals surface area contributed by atoms with Crippen molar-refractivity contribution in [3.05, 3.63) is 57.8 Å². The Kier molecular flexibility index (Phi) is 10.4. The van der Waals surface area contributed by atoms with Gasteiger partial charge in [0.25, 0.3) is 0 Å². The molecule has 138 valence electrons. The van der Waals surface area contributed by atoms with Gasteiger partial charge in [0.15, 0.2) is 0 Å². The number of benzene rings is 1. The van der Waals surface area contributed by atoms with Crippen LogP contribution in [0.25, 0.3) is 0 Å². The minimum Gasteiger partial charge on any atom is -0.350 e. The Morgan fingerprint density at radius 2 is 1.84 bits per heavy atom. The van der Waals surface area contributed by atoms with Gasteiger partial charge in [-0.05, 0) is 30.5 Å². The molecule has 0 fully saturated rings. The van der Waals surface area contributed by atoms with E-state index in [0.717, 1.165) is 25.9 Å². The van der Waals surface area contributed by atoms with Crippen LogP contribution in [0, 0.1) is 0 Å². The number of halogens is 1. The standard InChI is InChI=1S/C19H27N3OS.ClH/c1-2-17-8-9-18(24-17)14-21-19(23)15-22(13-11-20)12-10-16-6-4-3-5-7-16;/h3-9H,2,10-15,20H2,1H3,(H,21,23);1H. The molecule has 2 aromatic rings. The fourth-order valence-electron chi connectivity index (χ4n) is 2.54. The molecule has 0 saturated carbocycles. The lowest BCUT2D eigenvalue weighted by molar-refractivity contribution is -0.122. The predicted octanol–water partition coefficient (Wildman–Crippen LogP) is 2.85. The largest absolute Gasteiger partial charge is 0.350 e. The Hall–Kier alpha value is -1.40. The molecule has 2 rings (SSSR count). The summed E-state index contributed by atoms with van der Waals surface area (Å²) in [6.45, 7) is 5.29. The minimum atomic E-state index is 0. The van der Waals surface area contributed by atoms with E-state index < -0.39 is 0 Å². The zero-order chi connectivity index (χ0) is 17.2. The maximum atomic E-state index is 12.2. The number of thiophene rings is 1. The van der Waals surface area contributed by atoms with Crippen LogP contribution in [0.1, 0.15) is 22.2 Å². The summed E-state index contributed by atoms with van der Waals surface area (Å²) in [6, 6.07) is 14.6. The van der Waals surface area contributed by atoms with E-state index in [1.165, 1.54) is 15.3 Å². The third kappa shape index (κ3) is 8.01. The third-order valence-corrected chi connectivity index (χ3v) is 5.13. The number of nitrogens with two attached hydrogens (primary N) is 1. The molecule has 1 aromatic heterocycles. The second kappa shape index (κ2) is 12.0. The molecule has 1 amide bonds. The SMILES string of the molecule is CCc1ccc(CNC(=O)CN(CCN)CCc2ccccc2)s1.Cl. The molecule has 0 aliphatic rings. The van der Waals surface area contributed by atoms with Crippen molar-refractivity contribution in [2.24, 2.45) is 5.73 Å². The van der Waals surface area contributed by atoms with Crippen molar-refractivity contribution in [3.63, 3.8) is 0 Å². The van der Waals surface area contributed by atoms with Crippen LogP contribution in [-0.2, 0) is 24.2 Å². The topological polar surface area (TPSA) is 58.4 Å². The normalized spacial score (nSPS) is 10.5. The van der Waals surface area contributed by atoms with Gasteiger partial charge in [-0.1, -0.05) is 37.3 Å². The smallest absolute Gasteiger partial charge is 0.234 e. The van der Waals surface area contributed by atoms with Crippen LogP contribution < -0.4 is 11.1 Å². The lowest BCUT2D eigenvalue weighted by Crippen LogP contribution is -2.40. The maximum absolute atomic E-state index is 12.2. The summed E-state index contributed by atoms with van der Waals surface area (Å²) in [5.41, 5.74) is 6.97. The monoisotopic (exact) mass is 381 g/mol. The quantitative estimate of drug-likeness (QED) is 0.665. The molecule has 0 radical (unpaired) electrons. The van der Waals surface area contributed by atoms with Gasteiger partial charge in [-0.2, -0.15) is 0 Å². The highest BCUT2D eigenvalue weighted by Crippen LogP contribution is 2.16. The molecule has 6 heteroatoms. The van der Waals surface area contributed by atoms with E-state index >= 15 is 0 Å². The number of hydrogen-bond donors (Lipinski definition) is 2. The van der Waals surface area contributed by atoms with Crippen molar-refractivity contribution in [1.82, 2.24) is 10.2 Å². The molecule has 0 atom stereocenters. The number of carbonyl (C=O) groups is 1. The zero-order valence-electron chi connectivity index (χ0n) is 14.7. The van der Waals surface area contributed by atoms with Crippen LogP contribution in [0.15, 0.2) is 42.5 Å². The van der Waals surface area contributed by atoms with Gasteiger partial charge in [0.2, 0.25) is 5.91 Å². The average Bonchev–Trinajstić information content (AvgIpc) is 3.07. The molecular formula is C19H28ClN3OS. The number of rotatable bonds is 10. The third-order valence-electron chi connectivity index (χ3n) is 3.90. The number of nitrogens with zero attached hydrogens (tertiary/aromatic N) is 1. The molecule has 1 aromatic carbocycles. The summed E-state index contributed by atoms with van der Waals surface area (Å²) in [5.74, 6) is 0.0583. The molecule has 0 aliphatic carbocycles. The van der Waals surface area contributed by atoms with Gasteiger partial charge in [0, 0.05) is 29.4 Å². The molecule has 0 bridgehead atoms. The maximum Gasteiger partial charge on any atom is 0.234 e. The number of amides is 1. The fourth-order valence-corrected chi connectivity index (χ4v) is 3.43. The van der Waals surface area contributed by atoms with Gasteiger partial charge in [-0.15, -0.1) is 23.7 Å². The van der Waals surface area contributed by atoms with Gasteiger partial charge in [0.1, 0.15) is 0 Å². The number of carbonyl (C=O) groups excluding carboxylic acids is 1. The van der Waals surface area contributed by atoms with Crippen molar-refractivity contribution in [2.75, 3.05) is 26.2 Å². The van der Waals surface area contributed by atoms with Crippen molar-refractivity contribution in [3.8, 4) is 0 Å². The Morgan fingerprint density at radius 1 is 1.12 bits per heavy atom. The first-order valence-corrected chi connectivity index (χ1v) is 9.33. The molecule has 25 heavy (non-hydrogen) atoms. The van der Waals surface area contributed by atoms with Gasteiger partial charge < -0.3 is 11.1 Å². The molecule has 0 unspecified atom stereocenters. The lowest BCUT2D eigenvalue weighted by Gasteiger charge is -2.21. The van der Waals surface area contributed by atoms with Gasteiger partial charge >= 0.3 is 0 Å². The highest BCUT2D eigenvalue weighted by molar-refractivity contribution is 7.11. The second-order valence-corrected chi connectivity index (χ2v) is 7.05. The van der Waals surface area contributed by atoms with Crippen molar-refractivity contribution in [1.29, 1.82) is 0 Å². The highest BCUT2D eigenvalue weighted by Gasteiger charge is 2.10. The first-order valence-electron chi connectivity index (χ1n) is 8.52. The molecule has 4 nitrogen and oxygen atoms in total. The average molecular weight is 382 g/mol. The predicted molar refractivity (Wildman–Crippen MR) is 108 cm³/mol. The zero-order valence-corrected chi connectivity index (χ0v) is 16.4. The van der Waals surface area contributed by atoms with E-state index in [1.54, 1.807) is 11.3 Å². The molecule has 0 aliphatic heterocycles. The molecule has 0 spiro atoms. The van der Waals surface area contributed by atoms with E-state index in [2.05, 4.69) is 41.4 Å². The van der Waals surface area contributed by atoms with E-state index in [-0.39, 0.29) is 18.3 Å². The summed E-state index contributed by atoms with van der Waals surface area (Å²) >= 11 is 1.76.